The number of nitrogens with zero attached hydrogens (tertiary/aromatic N) is 1. The van der Waals surface area contributed by atoms with Crippen molar-refractivity contribution in [1.29, 1.82) is 0 Å². The number of hydrogen-bond donors (Lipinski definition) is 1. The first kappa shape index (κ1) is 17.0. The second-order valence-corrected chi connectivity index (χ2v) is 6.38. The van der Waals surface area contributed by atoms with Crippen molar-refractivity contribution < 1.29 is 14.6 Å². The van der Waals surface area contributed by atoms with E-state index in [0.717, 1.165) is 32.5 Å². The van der Waals surface area contributed by atoms with Crippen molar-refractivity contribution in [3.63, 3.8) is 0 Å². The molecular weight excluding hydrogens is 278 g/mol. The number of aliphatic carboxylic acids is 1. The molecule has 0 amide bonds. The molecular formula is C18H27NO3. The number of unbranched alkanes of at least 4 members (excludes halogenated alkanes) is 1. The molecule has 0 spiro atoms. The molecule has 0 unspecified atom stereocenters. The van der Waals surface area contributed by atoms with Gasteiger partial charge in [0.05, 0.1) is 12.7 Å². The zero-order chi connectivity index (χ0) is 16.1. The zero-order valence-corrected chi connectivity index (χ0v) is 13.8. The predicted octanol–water partition coefficient (Wildman–Crippen LogP) is 3.32. The molecule has 1 aromatic rings. The van der Waals surface area contributed by atoms with E-state index >= 15 is 0 Å². The Hall–Kier alpha value is -1.39. The summed E-state index contributed by atoms with van der Waals surface area (Å²) in [5, 5.41) is 8.72. The predicted molar refractivity (Wildman–Crippen MR) is 87.1 cm³/mol. The van der Waals surface area contributed by atoms with Crippen LogP contribution in [0, 0.1) is 13.8 Å². The minimum atomic E-state index is -0.705. The number of carboxylic acid groups (broad SMARTS) is 1. The Morgan fingerprint density at radius 1 is 1.36 bits per heavy atom. The van der Waals surface area contributed by atoms with Crippen LogP contribution in [-0.4, -0.2) is 41.7 Å². The van der Waals surface area contributed by atoms with E-state index in [2.05, 4.69) is 43.9 Å². The van der Waals surface area contributed by atoms with E-state index < -0.39 is 5.97 Å². The number of ether oxygens (including phenoxy) is 1. The van der Waals surface area contributed by atoms with Crippen LogP contribution < -0.4 is 0 Å². The van der Waals surface area contributed by atoms with Gasteiger partial charge in [0.2, 0.25) is 0 Å². The summed E-state index contributed by atoms with van der Waals surface area (Å²) in [4.78, 5) is 13.0. The lowest BCUT2D eigenvalue weighted by Crippen LogP contribution is -2.45. The normalized spacial score (nSPS) is 22.7. The third kappa shape index (κ3) is 4.55. The van der Waals surface area contributed by atoms with E-state index in [1.54, 1.807) is 0 Å². The highest BCUT2D eigenvalue weighted by molar-refractivity contribution is 5.66. The Morgan fingerprint density at radius 2 is 2.14 bits per heavy atom. The molecule has 2 atom stereocenters. The van der Waals surface area contributed by atoms with Crippen molar-refractivity contribution in [2.75, 3.05) is 19.7 Å². The summed E-state index contributed by atoms with van der Waals surface area (Å²) in [5.74, 6) is -0.705. The van der Waals surface area contributed by atoms with E-state index in [0.29, 0.717) is 6.04 Å². The smallest absolute Gasteiger partial charge is 0.303 e. The van der Waals surface area contributed by atoms with Crippen molar-refractivity contribution >= 4 is 5.97 Å². The van der Waals surface area contributed by atoms with Gasteiger partial charge in [-0.15, -0.1) is 0 Å². The van der Waals surface area contributed by atoms with Crippen LogP contribution in [0.4, 0.5) is 0 Å². The van der Waals surface area contributed by atoms with Crippen LogP contribution in [0.2, 0.25) is 0 Å². The van der Waals surface area contributed by atoms with E-state index in [1.807, 2.05) is 0 Å². The fourth-order valence-corrected chi connectivity index (χ4v) is 3.00. The maximum absolute atomic E-state index is 10.6. The minimum absolute atomic E-state index is 0.121. The van der Waals surface area contributed by atoms with Gasteiger partial charge < -0.3 is 9.84 Å². The fourth-order valence-electron chi connectivity index (χ4n) is 3.00. The van der Waals surface area contributed by atoms with Gasteiger partial charge in [-0.1, -0.05) is 23.8 Å². The molecule has 1 aromatic carbocycles. The quantitative estimate of drug-likeness (QED) is 0.819. The van der Waals surface area contributed by atoms with Crippen molar-refractivity contribution in [2.24, 2.45) is 0 Å². The van der Waals surface area contributed by atoms with E-state index in [9.17, 15) is 4.79 Å². The minimum Gasteiger partial charge on any atom is -0.481 e. The highest BCUT2D eigenvalue weighted by atomic mass is 16.5. The summed E-state index contributed by atoms with van der Waals surface area (Å²) in [6.07, 6.45) is 2.05. The molecule has 0 bridgehead atoms. The molecule has 122 valence electrons. The number of rotatable bonds is 6. The second kappa shape index (κ2) is 7.75. The zero-order valence-electron chi connectivity index (χ0n) is 13.8. The van der Waals surface area contributed by atoms with Crippen LogP contribution in [-0.2, 0) is 9.53 Å². The largest absolute Gasteiger partial charge is 0.481 e. The molecule has 2 rings (SSSR count). The molecule has 1 heterocycles. The van der Waals surface area contributed by atoms with Crippen LogP contribution in [0.1, 0.15) is 49.0 Å². The standard InChI is InChI=1S/C18H27NO3/c1-13-7-8-14(2)16(10-13)17-11-19(15(3)12-22-17)9-5-4-6-18(20)21/h7-8,10,15,17H,4-6,9,11-12H2,1-3H3,(H,20,21)/t15-,17-/m0/s1. The Bertz CT molecular complexity index is 515. The average Bonchev–Trinajstić information content (AvgIpc) is 2.47. The van der Waals surface area contributed by atoms with Crippen molar-refractivity contribution in [3.8, 4) is 0 Å². The Morgan fingerprint density at radius 3 is 2.86 bits per heavy atom. The lowest BCUT2D eigenvalue weighted by atomic mass is 9.98. The van der Waals surface area contributed by atoms with E-state index in [1.165, 1.54) is 16.7 Å². The van der Waals surface area contributed by atoms with Crippen molar-refractivity contribution in [1.82, 2.24) is 4.90 Å². The summed E-state index contributed by atoms with van der Waals surface area (Å²) >= 11 is 0. The third-order valence-corrected chi connectivity index (χ3v) is 4.43. The van der Waals surface area contributed by atoms with Crippen molar-refractivity contribution in [2.45, 2.75) is 52.2 Å². The Labute approximate surface area is 133 Å². The van der Waals surface area contributed by atoms with Gasteiger partial charge in [0.25, 0.3) is 0 Å². The summed E-state index contributed by atoms with van der Waals surface area (Å²) in [5.41, 5.74) is 3.81. The number of morpholine rings is 1. The van der Waals surface area contributed by atoms with Gasteiger partial charge in [0.1, 0.15) is 0 Å². The molecule has 4 nitrogen and oxygen atoms in total. The Kier molecular flexibility index (Phi) is 5.98. The van der Waals surface area contributed by atoms with E-state index in [4.69, 9.17) is 9.84 Å². The summed E-state index contributed by atoms with van der Waals surface area (Å²) in [6.45, 7) is 8.98. The molecule has 0 aliphatic carbocycles. The lowest BCUT2D eigenvalue weighted by molar-refractivity contribution is -0.137. The molecule has 0 radical (unpaired) electrons. The first-order valence-electron chi connectivity index (χ1n) is 8.12. The van der Waals surface area contributed by atoms with Gasteiger partial charge in [-0.2, -0.15) is 0 Å². The fraction of sp³-hybridized carbons (Fsp3) is 0.611. The SMILES string of the molecule is Cc1ccc(C)c([C@@H]2CN(CCCCC(=O)O)[C@@H](C)CO2)c1. The molecule has 1 fully saturated rings. The van der Waals surface area contributed by atoms with Crippen LogP contribution in [0.3, 0.4) is 0 Å². The molecule has 1 saturated heterocycles. The molecule has 1 aliphatic heterocycles. The number of carbonyl (C=O) groups is 1. The third-order valence-electron chi connectivity index (χ3n) is 4.43. The van der Waals surface area contributed by atoms with Crippen LogP contribution >= 0.6 is 0 Å². The second-order valence-electron chi connectivity index (χ2n) is 6.38. The van der Waals surface area contributed by atoms with Gasteiger partial charge in [0, 0.05) is 19.0 Å². The number of benzene rings is 1. The number of carboxylic acids is 1. The van der Waals surface area contributed by atoms with Crippen LogP contribution in [0.25, 0.3) is 0 Å². The van der Waals surface area contributed by atoms with Gasteiger partial charge in [-0.25, -0.2) is 0 Å². The molecule has 1 aliphatic rings. The summed E-state index contributed by atoms with van der Waals surface area (Å²) < 4.78 is 6.05. The summed E-state index contributed by atoms with van der Waals surface area (Å²) in [6, 6.07) is 6.90. The van der Waals surface area contributed by atoms with E-state index in [-0.39, 0.29) is 12.5 Å². The van der Waals surface area contributed by atoms with Crippen molar-refractivity contribution in [3.05, 3.63) is 34.9 Å². The first-order chi connectivity index (χ1) is 10.5. The first-order valence-corrected chi connectivity index (χ1v) is 8.12. The number of hydrogen-bond acceptors (Lipinski definition) is 3. The monoisotopic (exact) mass is 305 g/mol. The highest BCUT2D eigenvalue weighted by Crippen LogP contribution is 2.28. The lowest BCUT2D eigenvalue weighted by Gasteiger charge is -2.38. The molecule has 0 aromatic heterocycles. The summed E-state index contributed by atoms with van der Waals surface area (Å²) in [7, 11) is 0. The highest BCUT2D eigenvalue weighted by Gasteiger charge is 2.27. The molecule has 0 saturated carbocycles. The van der Waals surface area contributed by atoms with Gasteiger partial charge >= 0.3 is 5.97 Å². The van der Waals surface area contributed by atoms with Gasteiger partial charge in [0.15, 0.2) is 0 Å². The topological polar surface area (TPSA) is 49.8 Å². The maximum Gasteiger partial charge on any atom is 0.303 e. The molecule has 22 heavy (non-hydrogen) atoms. The molecule has 1 N–H and O–H groups in total. The number of aryl methyl sites for hydroxylation is 2. The maximum atomic E-state index is 10.6. The van der Waals surface area contributed by atoms with Gasteiger partial charge in [-0.3, -0.25) is 9.69 Å². The van der Waals surface area contributed by atoms with Gasteiger partial charge in [-0.05, 0) is 51.3 Å². The van der Waals surface area contributed by atoms with Crippen LogP contribution in [0.5, 0.6) is 0 Å². The van der Waals surface area contributed by atoms with Crippen LogP contribution in [0.15, 0.2) is 18.2 Å². The Balaban J connectivity index is 1.95. The average molecular weight is 305 g/mol. The molecule has 4 heteroatoms.